The van der Waals surface area contributed by atoms with E-state index < -0.39 is 98.5 Å². The number of hydrogen-bond acceptors (Lipinski definition) is 11. The predicted molar refractivity (Wildman–Crippen MR) is 340 cm³/mol. The van der Waals surface area contributed by atoms with Crippen LogP contribution in [0.3, 0.4) is 0 Å². The molecule has 5 rings (SSSR count). The van der Waals surface area contributed by atoms with Gasteiger partial charge < -0.3 is 44.1 Å². The molecule has 0 aliphatic carbocycles. The minimum absolute atomic E-state index is 0. The maximum absolute atomic E-state index is 13.8. The van der Waals surface area contributed by atoms with Gasteiger partial charge in [0.1, 0.15) is 78.5 Å². The fraction of sp³-hybridized carbons (Fsp3) is 0.254. The molecule has 5 aromatic rings. The Morgan fingerprint density at radius 2 is 0.793 bits per heavy atom. The Morgan fingerprint density at radius 1 is 0.457 bits per heavy atom. The van der Waals surface area contributed by atoms with Crippen LogP contribution in [0.15, 0.2) is 164 Å². The fourth-order valence-electron chi connectivity index (χ4n) is 5.19. The van der Waals surface area contributed by atoms with E-state index in [4.69, 9.17) is 67.0 Å². The first-order valence-corrected chi connectivity index (χ1v) is 26.9. The molecular weight excluding hydrogens is 1270 g/mol. The van der Waals surface area contributed by atoms with Gasteiger partial charge in [-0.1, -0.05) is 76.8 Å². The van der Waals surface area contributed by atoms with Gasteiger partial charge in [-0.3, -0.25) is 4.79 Å². The molecule has 4 N–H and O–H groups in total. The monoisotopic (exact) mass is 1350 g/mol. The zero-order valence-corrected chi connectivity index (χ0v) is 52.8. The zero-order valence-electron chi connectivity index (χ0n) is 51.2. The maximum Gasteiger partial charge on any atom is 0.345 e. The van der Waals surface area contributed by atoms with E-state index in [0.29, 0.717) is 52.0 Å². The molecule has 0 amide bonds. The molecule has 13 nitrogen and oxygen atoms in total. The van der Waals surface area contributed by atoms with E-state index in [1.807, 2.05) is 13.8 Å². The predicted octanol–water partition coefficient (Wildman–Crippen LogP) is 18.6. The Kier molecular flexibility index (Phi) is 46.2. The number of ether oxygens (including phenoxy) is 5. The molecule has 92 heavy (non-hydrogen) atoms. The fourth-order valence-corrected chi connectivity index (χ4v) is 5.19. The van der Waals surface area contributed by atoms with E-state index in [2.05, 4.69) is 52.6 Å². The second-order valence-electron chi connectivity index (χ2n) is 19.2. The Bertz CT molecular complexity index is 3340. The van der Waals surface area contributed by atoms with Crippen LogP contribution < -0.4 is 14.2 Å². The summed E-state index contributed by atoms with van der Waals surface area (Å²) in [6.07, 6.45) is 0.129. The maximum atomic E-state index is 13.8. The summed E-state index contributed by atoms with van der Waals surface area (Å²) in [5, 5.41) is 34.1. The highest BCUT2D eigenvalue weighted by molar-refractivity contribution is 6.19. The Hall–Kier alpha value is -9.22. The van der Waals surface area contributed by atoms with Crippen LogP contribution in [0, 0.1) is 58.2 Å². The lowest BCUT2D eigenvalue weighted by atomic mass is 10.0. The molecule has 0 spiro atoms. The summed E-state index contributed by atoms with van der Waals surface area (Å²) in [7, 11) is 0. The van der Waals surface area contributed by atoms with Gasteiger partial charge in [-0.2, -0.15) is 0 Å². The molecule has 5 aromatic carbocycles. The average molecular weight is 1350 g/mol. The van der Waals surface area contributed by atoms with Crippen molar-refractivity contribution in [3.63, 3.8) is 0 Å². The van der Waals surface area contributed by atoms with Crippen molar-refractivity contribution in [1.29, 1.82) is 0 Å². The first-order chi connectivity index (χ1) is 42.2. The SMILES string of the molecule is C.C=C(C)CCl.C=C(C)CCl.C=C(C)COC(=O)c1c(O)c(CC(=C)C)cc(F)c1F.C=C(C)COC(=O)c1c(OCC(=C)C)ccc(F)c1F.C=C(C)COc1ccc(F)c(F)c1.C=C(C)COc1ccc(F)c(F)c1C(=O)O.O=CO.Oc1ccc(F)c(F)c1.[2HH]. The highest BCUT2D eigenvalue weighted by Gasteiger charge is 2.26. The number of carbonyl (C=O) groups excluding carboxylic acids is 2. The number of hydrogen-bond donors (Lipinski definition) is 4. The summed E-state index contributed by atoms with van der Waals surface area (Å²) >= 11 is 10.5. The number of carbonyl (C=O) groups is 4. The van der Waals surface area contributed by atoms with Crippen LogP contribution in [0.4, 0.5) is 43.9 Å². The number of halogens is 12. The summed E-state index contributed by atoms with van der Waals surface area (Å²) < 4.78 is 154. The summed E-state index contributed by atoms with van der Waals surface area (Å²) in [5.74, 6) is -14.9. The highest BCUT2D eigenvalue weighted by atomic mass is 35.5. The minimum Gasteiger partial charge on any atom is -0.508 e. The second kappa shape index (κ2) is 47.7. The van der Waals surface area contributed by atoms with Gasteiger partial charge in [-0.15, -0.1) is 23.2 Å². The lowest BCUT2D eigenvalue weighted by Gasteiger charge is -2.12. The van der Waals surface area contributed by atoms with Gasteiger partial charge in [-0.25, -0.2) is 58.3 Å². The number of phenolic OH excluding ortho intramolecular Hbond substituents is 2. The van der Waals surface area contributed by atoms with Crippen molar-refractivity contribution < 1.29 is 109 Å². The van der Waals surface area contributed by atoms with Crippen molar-refractivity contribution in [3.05, 3.63) is 244 Å². The number of allylic oxidation sites excluding steroid dienone is 3. The average Bonchev–Trinajstić information content (AvgIpc) is 0.893. The first-order valence-electron chi connectivity index (χ1n) is 25.8. The van der Waals surface area contributed by atoms with Gasteiger partial charge in [0, 0.05) is 30.9 Å². The van der Waals surface area contributed by atoms with E-state index >= 15 is 0 Å². The Balaban J connectivity index is -0.000000334. The van der Waals surface area contributed by atoms with Crippen LogP contribution in [-0.2, 0) is 20.7 Å². The van der Waals surface area contributed by atoms with E-state index in [1.165, 1.54) is 12.1 Å². The third kappa shape index (κ3) is 38.4. The number of carboxylic acid groups (broad SMARTS) is 2. The molecule has 0 aliphatic rings. The van der Waals surface area contributed by atoms with Gasteiger partial charge in [0.2, 0.25) is 0 Å². The molecule has 0 bridgehead atoms. The number of esters is 2. The molecule has 0 radical (unpaired) electrons. The zero-order chi connectivity index (χ0) is 71.0. The van der Waals surface area contributed by atoms with E-state index in [9.17, 15) is 63.4 Å². The molecule has 0 aromatic heterocycles. The van der Waals surface area contributed by atoms with Gasteiger partial charge in [0.25, 0.3) is 6.47 Å². The van der Waals surface area contributed by atoms with Crippen molar-refractivity contribution in [2.75, 3.05) is 44.8 Å². The molecule has 0 heterocycles. The molecule has 0 atom stereocenters. The number of phenols is 2. The van der Waals surface area contributed by atoms with Crippen LogP contribution in [0.25, 0.3) is 0 Å². The first kappa shape index (κ1) is 89.2. The molecule has 0 saturated carbocycles. The molecule has 508 valence electrons. The third-order valence-corrected chi connectivity index (χ3v) is 9.99. The number of carboxylic acids is 1. The minimum atomic E-state index is -1.58. The topological polar surface area (TPSA) is 195 Å². The summed E-state index contributed by atoms with van der Waals surface area (Å²) in [5.41, 5.74) is 3.85. The van der Waals surface area contributed by atoms with Crippen molar-refractivity contribution >= 4 is 47.6 Å². The second-order valence-corrected chi connectivity index (χ2v) is 19.8. The number of benzene rings is 5. The normalized spacial score (nSPS) is 9.39. The van der Waals surface area contributed by atoms with Gasteiger partial charge >= 0.3 is 17.9 Å². The number of aromatic carboxylic acids is 1. The smallest absolute Gasteiger partial charge is 0.345 e. The lowest BCUT2D eigenvalue weighted by Crippen LogP contribution is -2.13. The van der Waals surface area contributed by atoms with Crippen molar-refractivity contribution in [3.8, 4) is 28.7 Å². The summed E-state index contributed by atoms with van der Waals surface area (Å²) in [6, 6.07) is 10.9. The van der Waals surface area contributed by atoms with Crippen LogP contribution in [0.5, 0.6) is 28.7 Å². The van der Waals surface area contributed by atoms with Crippen LogP contribution in [-0.4, -0.2) is 89.6 Å². The van der Waals surface area contributed by atoms with Crippen LogP contribution >= 0.6 is 23.2 Å². The molecule has 25 heteroatoms. The van der Waals surface area contributed by atoms with Gasteiger partial charge in [0.05, 0.1) is 0 Å². The quantitative estimate of drug-likeness (QED) is 0.0189. The van der Waals surface area contributed by atoms with Gasteiger partial charge in [0.15, 0.2) is 58.2 Å². The molecule has 0 fully saturated rings. The standard InChI is InChI=1S/2C15H16F2O3.C11H10F2O3.C10H10F2O.C6H4F2O.2C4H7Cl.CH2O2.CH4.H2/c1-8(2)5-10-6-11(16)13(17)12(14(10)18)15(19)20-7-9(3)4;1-9(2)7-19-12-6-5-11(16)14(17)13(12)15(18)20-8-10(3)4;1-6(2)5-16-8-4-3-7(12)10(13)9(8)11(14)15;1-7(2)6-13-8-3-4-9(11)10(12)5-8;7-5-2-1-4(9)3-6(5)8;2*1-4(2)3-5;2-1-3;;/h6,18H,1,3,5,7H2,2,4H3;5-6H,1,3,7-8H2,2,4H3;3-4H,1,5H2,2H3,(H,14,15);3-5H,1,6H2,2H3;1-3,9H;2*1,3H2,2H3;1H,(H,2,3);1H4;1H/i;;;;;;;;;1+1. The van der Waals surface area contributed by atoms with E-state index in [1.54, 1.807) is 41.5 Å². The summed E-state index contributed by atoms with van der Waals surface area (Å²) in [6.45, 7) is 42.4. The van der Waals surface area contributed by atoms with Crippen LogP contribution in [0.1, 0.15) is 101 Å². The number of alkyl halides is 2. The van der Waals surface area contributed by atoms with Crippen LogP contribution in [0.2, 0.25) is 0 Å². The van der Waals surface area contributed by atoms with Crippen molar-refractivity contribution in [2.24, 2.45) is 0 Å². The number of aromatic hydroxyl groups is 2. The molecule has 0 saturated heterocycles. The van der Waals surface area contributed by atoms with Gasteiger partial charge in [-0.05, 0) is 144 Å². The summed E-state index contributed by atoms with van der Waals surface area (Å²) in [4.78, 5) is 42.6. The van der Waals surface area contributed by atoms with Crippen molar-refractivity contribution in [1.82, 2.24) is 0 Å². The molecule has 0 unspecified atom stereocenters. The highest BCUT2D eigenvalue weighted by Crippen LogP contribution is 2.31. The van der Waals surface area contributed by atoms with E-state index in [-0.39, 0.29) is 71.0 Å². The molecular formula is C67H78Cl2F10O13. The van der Waals surface area contributed by atoms with E-state index in [0.717, 1.165) is 71.3 Å². The Labute approximate surface area is 541 Å². The lowest BCUT2D eigenvalue weighted by molar-refractivity contribution is -0.122. The number of rotatable bonds is 20. The Morgan fingerprint density at radius 3 is 1.14 bits per heavy atom. The largest absolute Gasteiger partial charge is 0.508 e. The third-order valence-electron chi connectivity index (χ3n) is 9.08. The van der Waals surface area contributed by atoms with Crippen molar-refractivity contribution in [2.45, 2.75) is 69.2 Å². The molecule has 0 aliphatic heterocycles.